The second-order valence-corrected chi connectivity index (χ2v) is 6.60. The molecule has 22 heavy (non-hydrogen) atoms. The molecular formula is C15H16Cl2N4O. The topological polar surface area (TPSA) is 70.1 Å². The lowest BCUT2D eigenvalue weighted by Gasteiger charge is -2.14. The van der Waals surface area contributed by atoms with E-state index in [2.05, 4.69) is 20.7 Å². The second-order valence-electron chi connectivity index (χ2n) is 5.79. The molecule has 1 amide bonds. The predicted molar refractivity (Wildman–Crippen MR) is 88.8 cm³/mol. The summed E-state index contributed by atoms with van der Waals surface area (Å²) >= 11 is 11.7. The highest BCUT2D eigenvalue weighted by atomic mass is 35.5. The normalized spacial score (nSPS) is 11.9. The molecule has 0 aliphatic rings. The van der Waals surface area contributed by atoms with Crippen LogP contribution in [0.3, 0.4) is 0 Å². The number of nitrogens with zero attached hydrogens (tertiary/aromatic N) is 2. The standard InChI is InChI=1S/C15H16Cl2N4O/c1-15(2,3)13-7-12(19-20-13)14(22)21-18-8-9-4-5-10(16)11(17)6-9/h4-8H,1-3H3,(H,19,20)(H,21,22)/b18-8+. The molecule has 2 rings (SSSR count). The van der Waals surface area contributed by atoms with Gasteiger partial charge in [0.15, 0.2) is 5.69 Å². The molecule has 0 unspecified atom stereocenters. The Hall–Kier alpha value is -1.85. The highest BCUT2D eigenvalue weighted by Gasteiger charge is 2.19. The van der Waals surface area contributed by atoms with E-state index in [0.717, 1.165) is 11.3 Å². The van der Waals surface area contributed by atoms with Gasteiger partial charge in [-0.3, -0.25) is 9.89 Å². The molecule has 2 aromatic rings. The maximum absolute atomic E-state index is 11.9. The number of aromatic nitrogens is 2. The van der Waals surface area contributed by atoms with Crippen LogP contribution in [0.2, 0.25) is 10.0 Å². The minimum Gasteiger partial charge on any atom is -0.281 e. The second kappa shape index (κ2) is 6.50. The molecule has 2 N–H and O–H groups in total. The van der Waals surface area contributed by atoms with Gasteiger partial charge in [-0.2, -0.15) is 10.2 Å². The molecule has 116 valence electrons. The summed E-state index contributed by atoms with van der Waals surface area (Å²) in [5, 5.41) is 11.6. The maximum atomic E-state index is 11.9. The lowest BCUT2D eigenvalue weighted by atomic mass is 9.92. The number of amides is 1. The van der Waals surface area contributed by atoms with Crippen molar-refractivity contribution in [2.45, 2.75) is 26.2 Å². The number of H-pyrrole nitrogens is 1. The highest BCUT2D eigenvalue weighted by molar-refractivity contribution is 6.42. The Morgan fingerprint density at radius 2 is 2.00 bits per heavy atom. The highest BCUT2D eigenvalue weighted by Crippen LogP contribution is 2.22. The van der Waals surface area contributed by atoms with Gasteiger partial charge in [-0.05, 0) is 23.8 Å². The number of halogens is 2. The lowest BCUT2D eigenvalue weighted by molar-refractivity contribution is 0.0950. The average molecular weight is 339 g/mol. The third kappa shape index (κ3) is 4.08. The molecule has 7 heteroatoms. The zero-order valence-corrected chi connectivity index (χ0v) is 14.0. The van der Waals surface area contributed by atoms with Gasteiger partial charge in [0.2, 0.25) is 0 Å². The number of rotatable bonds is 3. The van der Waals surface area contributed by atoms with Crippen LogP contribution in [-0.4, -0.2) is 22.3 Å². The Balaban J connectivity index is 2.01. The van der Waals surface area contributed by atoms with Crippen LogP contribution >= 0.6 is 23.2 Å². The molecular weight excluding hydrogens is 323 g/mol. The summed E-state index contributed by atoms with van der Waals surface area (Å²) in [7, 11) is 0. The molecule has 0 aliphatic heterocycles. The fourth-order valence-electron chi connectivity index (χ4n) is 1.64. The molecule has 5 nitrogen and oxygen atoms in total. The Morgan fingerprint density at radius 3 is 2.59 bits per heavy atom. The van der Waals surface area contributed by atoms with Crippen molar-refractivity contribution in [1.29, 1.82) is 0 Å². The zero-order valence-electron chi connectivity index (χ0n) is 12.4. The zero-order chi connectivity index (χ0) is 16.3. The number of aromatic amines is 1. The van der Waals surface area contributed by atoms with Crippen LogP contribution in [-0.2, 0) is 5.41 Å². The van der Waals surface area contributed by atoms with E-state index in [1.807, 2.05) is 20.8 Å². The molecule has 0 aliphatic carbocycles. The van der Waals surface area contributed by atoms with Crippen molar-refractivity contribution in [3.05, 3.63) is 51.3 Å². The number of benzene rings is 1. The first-order valence-electron chi connectivity index (χ1n) is 6.62. The van der Waals surface area contributed by atoms with Gasteiger partial charge in [-0.15, -0.1) is 0 Å². The van der Waals surface area contributed by atoms with Crippen LogP contribution < -0.4 is 5.43 Å². The minimum absolute atomic E-state index is 0.102. The maximum Gasteiger partial charge on any atom is 0.291 e. The molecule has 0 radical (unpaired) electrons. The fourth-order valence-corrected chi connectivity index (χ4v) is 1.94. The van der Waals surface area contributed by atoms with Crippen LogP contribution in [0.15, 0.2) is 29.4 Å². The van der Waals surface area contributed by atoms with Crippen LogP contribution in [0.1, 0.15) is 42.5 Å². The Morgan fingerprint density at radius 1 is 1.27 bits per heavy atom. The van der Waals surface area contributed by atoms with Crippen LogP contribution in [0, 0.1) is 0 Å². The Kier molecular flexibility index (Phi) is 4.88. The monoisotopic (exact) mass is 338 g/mol. The molecule has 1 aromatic carbocycles. The summed E-state index contributed by atoms with van der Waals surface area (Å²) in [6.07, 6.45) is 1.48. The van der Waals surface area contributed by atoms with Gasteiger partial charge in [-0.25, -0.2) is 5.43 Å². The minimum atomic E-state index is -0.386. The van der Waals surface area contributed by atoms with Crippen molar-refractivity contribution in [2.75, 3.05) is 0 Å². The quantitative estimate of drug-likeness (QED) is 0.660. The first-order valence-corrected chi connectivity index (χ1v) is 7.37. The first kappa shape index (κ1) is 16.5. The summed E-state index contributed by atoms with van der Waals surface area (Å²) in [4.78, 5) is 11.9. The smallest absolute Gasteiger partial charge is 0.281 e. The van der Waals surface area contributed by atoms with Gasteiger partial charge in [0.05, 0.1) is 16.3 Å². The fraction of sp³-hybridized carbons (Fsp3) is 0.267. The largest absolute Gasteiger partial charge is 0.291 e. The summed E-state index contributed by atoms with van der Waals surface area (Å²) < 4.78 is 0. The van der Waals surface area contributed by atoms with E-state index in [9.17, 15) is 4.79 Å². The number of nitrogens with one attached hydrogen (secondary N) is 2. The van der Waals surface area contributed by atoms with Gasteiger partial charge in [-0.1, -0.05) is 50.0 Å². The molecule has 1 aromatic heterocycles. The van der Waals surface area contributed by atoms with Crippen LogP contribution in [0.4, 0.5) is 0 Å². The lowest BCUT2D eigenvalue weighted by Crippen LogP contribution is -2.18. The van der Waals surface area contributed by atoms with Gasteiger partial charge in [0.1, 0.15) is 0 Å². The molecule has 0 bridgehead atoms. The summed E-state index contributed by atoms with van der Waals surface area (Å²) in [6, 6.07) is 6.78. The molecule has 0 spiro atoms. The van der Waals surface area contributed by atoms with Crippen molar-refractivity contribution in [3.8, 4) is 0 Å². The summed E-state index contributed by atoms with van der Waals surface area (Å²) in [5.74, 6) is -0.386. The van der Waals surface area contributed by atoms with E-state index < -0.39 is 0 Å². The average Bonchev–Trinajstić information content (AvgIpc) is 2.92. The Labute approximate surface area is 138 Å². The van der Waals surface area contributed by atoms with Gasteiger partial charge in [0.25, 0.3) is 5.91 Å². The summed E-state index contributed by atoms with van der Waals surface area (Å²) in [5.41, 5.74) is 4.21. The van der Waals surface area contributed by atoms with Crippen molar-refractivity contribution in [2.24, 2.45) is 5.10 Å². The van der Waals surface area contributed by atoms with Crippen molar-refractivity contribution >= 4 is 35.3 Å². The molecule has 0 fully saturated rings. The van der Waals surface area contributed by atoms with E-state index in [0.29, 0.717) is 10.0 Å². The molecule has 1 heterocycles. The Bertz CT molecular complexity index is 717. The molecule has 0 saturated heterocycles. The number of hydrazone groups is 1. The predicted octanol–water partition coefficient (Wildman–Crippen LogP) is 3.78. The van der Waals surface area contributed by atoms with Crippen molar-refractivity contribution in [3.63, 3.8) is 0 Å². The van der Waals surface area contributed by atoms with E-state index in [1.54, 1.807) is 24.3 Å². The first-order chi connectivity index (χ1) is 10.3. The third-order valence-corrected chi connectivity index (χ3v) is 3.68. The van der Waals surface area contributed by atoms with Gasteiger partial charge in [0, 0.05) is 11.1 Å². The SMILES string of the molecule is CC(C)(C)c1cc(C(=O)N/N=C/c2ccc(Cl)c(Cl)c2)n[nH]1. The van der Waals surface area contributed by atoms with E-state index in [1.165, 1.54) is 6.21 Å². The van der Waals surface area contributed by atoms with Crippen LogP contribution in [0.5, 0.6) is 0 Å². The van der Waals surface area contributed by atoms with E-state index in [-0.39, 0.29) is 17.0 Å². The molecule has 0 atom stereocenters. The van der Waals surface area contributed by atoms with Gasteiger partial charge >= 0.3 is 0 Å². The summed E-state index contributed by atoms with van der Waals surface area (Å²) in [6.45, 7) is 6.10. The molecule has 0 saturated carbocycles. The van der Waals surface area contributed by atoms with Crippen molar-refractivity contribution < 1.29 is 4.79 Å². The van der Waals surface area contributed by atoms with Crippen molar-refractivity contribution in [1.82, 2.24) is 15.6 Å². The number of carbonyl (C=O) groups excluding carboxylic acids is 1. The van der Waals surface area contributed by atoms with Gasteiger partial charge < -0.3 is 0 Å². The third-order valence-electron chi connectivity index (χ3n) is 2.94. The van der Waals surface area contributed by atoms with E-state index >= 15 is 0 Å². The number of carbonyl (C=O) groups is 1. The van der Waals surface area contributed by atoms with E-state index in [4.69, 9.17) is 23.2 Å². The number of hydrogen-bond acceptors (Lipinski definition) is 3. The number of hydrogen-bond donors (Lipinski definition) is 2. The van der Waals surface area contributed by atoms with Crippen LogP contribution in [0.25, 0.3) is 0 Å².